The quantitative estimate of drug-likeness (QED) is 0.532. The molecule has 1 aromatic carbocycles. The Balaban J connectivity index is 1.77. The largest absolute Gasteiger partial charge is 0.383 e. The first-order chi connectivity index (χ1) is 11.0. The van der Waals surface area contributed by atoms with E-state index in [1.807, 2.05) is 31.2 Å². The van der Waals surface area contributed by atoms with Crippen molar-refractivity contribution in [3.05, 3.63) is 47.5 Å². The number of carbonyl (C=O) groups excluding carboxylic acids is 1. The lowest BCUT2D eigenvalue weighted by atomic mass is 9.79. The van der Waals surface area contributed by atoms with Crippen molar-refractivity contribution in [1.82, 2.24) is 10.6 Å². The zero-order valence-corrected chi connectivity index (χ0v) is 13.7. The summed E-state index contributed by atoms with van der Waals surface area (Å²) < 4.78 is 5.31. The molecule has 0 aromatic heterocycles. The Kier molecular flexibility index (Phi) is 6.19. The van der Waals surface area contributed by atoms with Gasteiger partial charge < -0.3 is 20.5 Å². The Morgan fingerprint density at radius 1 is 1.39 bits per heavy atom. The summed E-state index contributed by atoms with van der Waals surface area (Å²) in [6.07, 6.45) is 2.56. The normalized spacial score (nSPS) is 19.7. The van der Waals surface area contributed by atoms with Crippen molar-refractivity contribution in [2.45, 2.75) is 31.8 Å². The molecule has 0 fully saturated rings. The van der Waals surface area contributed by atoms with Crippen LogP contribution in [-0.2, 0) is 16.8 Å². The van der Waals surface area contributed by atoms with Crippen molar-refractivity contribution in [3.8, 4) is 0 Å². The summed E-state index contributed by atoms with van der Waals surface area (Å²) in [7, 11) is 0. The van der Waals surface area contributed by atoms with Gasteiger partial charge in [-0.15, -0.1) is 0 Å². The van der Waals surface area contributed by atoms with E-state index in [4.69, 9.17) is 4.74 Å². The Hall–Kier alpha value is -1.85. The first kappa shape index (κ1) is 17.5. The summed E-state index contributed by atoms with van der Waals surface area (Å²) in [5.74, 6) is 0. The standard InChI is InChI=1S/C18H26N2O3/c1-14(2)12-23-11-10-19-17(21)20-13-18(22)9-5-7-15-6-3-4-8-16(15)18/h3-4,6,8,22H,1,5,7,9-13H2,2H3,(H2,19,20,21). The Bertz CT molecular complexity index is 559. The minimum Gasteiger partial charge on any atom is -0.383 e. The summed E-state index contributed by atoms with van der Waals surface area (Å²) >= 11 is 0. The van der Waals surface area contributed by atoms with Gasteiger partial charge in [-0.3, -0.25) is 0 Å². The van der Waals surface area contributed by atoms with Crippen molar-refractivity contribution in [2.75, 3.05) is 26.3 Å². The third-order valence-electron chi connectivity index (χ3n) is 3.98. The zero-order valence-electron chi connectivity index (χ0n) is 13.7. The number of carbonyl (C=O) groups is 1. The molecular formula is C18H26N2O3. The van der Waals surface area contributed by atoms with Gasteiger partial charge in [-0.25, -0.2) is 4.79 Å². The monoisotopic (exact) mass is 318 g/mol. The molecule has 0 radical (unpaired) electrons. The SMILES string of the molecule is C=C(C)COCCNC(=O)NCC1(O)CCCc2ccccc21. The lowest BCUT2D eigenvalue weighted by molar-refractivity contribution is 0.0216. The van der Waals surface area contributed by atoms with Crippen LogP contribution >= 0.6 is 0 Å². The molecule has 0 aliphatic heterocycles. The van der Waals surface area contributed by atoms with E-state index < -0.39 is 5.60 Å². The number of ether oxygens (including phenoxy) is 1. The number of urea groups is 1. The molecule has 0 saturated carbocycles. The average Bonchev–Trinajstić information content (AvgIpc) is 2.53. The molecule has 0 saturated heterocycles. The minimum atomic E-state index is -0.983. The van der Waals surface area contributed by atoms with E-state index in [0.717, 1.165) is 29.5 Å². The van der Waals surface area contributed by atoms with Crippen LogP contribution in [-0.4, -0.2) is 37.4 Å². The number of fused-ring (bicyclic) bond motifs is 1. The minimum absolute atomic E-state index is 0.211. The summed E-state index contributed by atoms with van der Waals surface area (Å²) in [5, 5.41) is 16.3. The van der Waals surface area contributed by atoms with Crippen LogP contribution in [0.2, 0.25) is 0 Å². The van der Waals surface area contributed by atoms with Crippen molar-refractivity contribution < 1.29 is 14.6 Å². The molecule has 0 heterocycles. The smallest absolute Gasteiger partial charge is 0.314 e. The van der Waals surface area contributed by atoms with Gasteiger partial charge in [0.2, 0.25) is 0 Å². The summed E-state index contributed by atoms with van der Waals surface area (Å²) in [4.78, 5) is 11.8. The average molecular weight is 318 g/mol. The zero-order chi connectivity index (χ0) is 16.7. The van der Waals surface area contributed by atoms with Gasteiger partial charge in [-0.1, -0.05) is 36.4 Å². The number of aliphatic hydroxyl groups is 1. The molecule has 2 rings (SSSR count). The molecule has 126 valence electrons. The first-order valence-electron chi connectivity index (χ1n) is 8.06. The van der Waals surface area contributed by atoms with E-state index >= 15 is 0 Å². The second kappa shape index (κ2) is 8.13. The number of aryl methyl sites for hydroxylation is 1. The molecular weight excluding hydrogens is 292 g/mol. The second-order valence-corrected chi connectivity index (χ2v) is 6.16. The fourth-order valence-electron chi connectivity index (χ4n) is 2.85. The fraction of sp³-hybridized carbons (Fsp3) is 0.500. The van der Waals surface area contributed by atoms with E-state index in [-0.39, 0.29) is 12.6 Å². The third-order valence-corrected chi connectivity index (χ3v) is 3.98. The maximum Gasteiger partial charge on any atom is 0.314 e. The molecule has 1 atom stereocenters. The van der Waals surface area contributed by atoms with Crippen LogP contribution in [0.5, 0.6) is 0 Å². The van der Waals surface area contributed by atoms with Crippen LogP contribution in [0.15, 0.2) is 36.4 Å². The molecule has 1 aliphatic carbocycles. The summed E-state index contributed by atoms with van der Waals surface area (Å²) in [6.45, 7) is 7.21. The Morgan fingerprint density at radius 3 is 2.96 bits per heavy atom. The first-order valence-corrected chi connectivity index (χ1v) is 8.06. The lowest BCUT2D eigenvalue weighted by Gasteiger charge is -2.34. The maximum atomic E-state index is 11.8. The molecule has 0 bridgehead atoms. The number of hydrogen-bond donors (Lipinski definition) is 3. The molecule has 5 heteroatoms. The number of amides is 2. The van der Waals surface area contributed by atoms with E-state index in [1.54, 1.807) is 0 Å². The lowest BCUT2D eigenvalue weighted by Crippen LogP contribution is -2.46. The molecule has 1 unspecified atom stereocenters. The number of rotatable bonds is 7. The molecule has 5 nitrogen and oxygen atoms in total. The van der Waals surface area contributed by atoms with Crippen molar-refractivity contribution in [2.24, 2.45) is 0 Å². The van der Waals surface area contributed by atoms with Gasteiger partial charge in [0.05, 0.1) is 19.8 Å². The maximum absolute atomic E-state index is 11.8. The van der Waals surface area contributed by atoms with Gasteiger partial charge in [-0.2, -0.15) is 0 Å². The second-order valence-electron chi connectivity index (χ2n) is 6.16. The predicted molar refractivity (Wildman–Crippen MR) is 90.3 cm³/mol. The molecule has 2 amide bonds. The number of nitrogens with one attached hydrogen (secondary N) is 2. The van der Waals surface area contributed by atoms with E-state index in [9.17, 15) is 9.90 Å². The topological polar surface area (TPSA) is 70.6 Å². The van der Waals surface area contributed by atoms with Gasteiger partial charge >= 0.3 is 6.03 Å². The van der Waals surface area contributed by atoms with Gasteiger partial charge in [0.25, 0.3) is 0 Å². The van der Waals surface area contributed by atoms with Crippen LogP contribution in [0.1, 0.15) is 30.9 Å². The van der Waals surface area contributed by atoms with Crippen LogP contribution in [0.25, 0.3) is 0 Å². The highest BCUT2D eigenvalue weighted by Crippen LogP contribution is 2.34. The van der Waals surface area contributed by atoms with Crippen molar-refractivity contribution in [1.29, 1.82) is 0 Å². The van der Waals surface area contributed by atoms with Crippen LogP contribution in [0.3, 0.4) is 0 Å². The molecule has 0 spiro atoms. The Morgan fingerprint density at radius 2 is 2.17 bits per heavy atom. The number of benzene rings is 1. The predicted octanol–water partition coefficient (Wildman–Crippen LogP) is 2.10. The Labute approximate surface area is 137 Å². The molecule has 3 N–H and O–H groups in total. The van der Waals surface area contributed by atoms with Gasteiger partial charge in [-0.05, 0) is 37.3 Å². The van der Waals surface area contributed by atoms with Gasteiger partial charge in [0, 0.05) is 6.54 Å². The number of hydrogen-bond acceptors (Lipinski definition) is 3. The van der Waals surface area contributed by atoms with Gasteiger partial charge in [0.1, 0.15) is 5.60 Å². The summed E-state index contributed by atoms with van der Waals surface area (Å²) in [6, 6.07) is 7.60. The highest BCUT2D eigenvalue weighted by molar-refractivity contribution is 5.73. The van der Waals surface area contributed by atoms with E-state index in [0.29, 0.717) is 26.2 Å². The summed E-state index contributed by atoms with van der Waals surface area (Å²) in [5.41, 5.74) is 2.06. The molecule has 1 aliphatic rings. The molecule has 23 heavy (non-hydrogen) atoms. The van der Waals surface area contributed by atoms with Crippen molar-refractivity contribution in [3.63, 3.8) is 0 Å². The van der Waals surface area contributed by atoms with Crippen LogP contribution < -0.4 is 10.6 Å². The van der Waals surface area contributed by atoms with Gasteiger partial charge in [0.15, 0.2) is 0 Å². The van der Waals surface area contributed by atoms with Crippen molar-refractivity contribution >= 4 is 6.03 Å². The fourth-order valence-corrected chi connectivity index (χ4v) is 2.85. The molecule has 1 aromatic rings. The highest BCUT2D eigenvalue weighted by Gasteiger charge is 2.34. The third kappa shape index (κ3) is 5.08. The van der Waals surface area contributed by atoms with E-state index in [2.05, 4.69) is 17.2 Å². The van der Waals surface area contributed by atoms with Crippen LogP contribution in [0, 0.1) is 0 Å². The van der Waals surface area contributed by atoms with Crippen LogP contribution in [0.4, 0.5) is 4.79 Å². The highest BCUT2D eigenvalue weighted by atomic mass is 16.5. The van der Waals surface area contributed by atoms with E-state index in [1.165, 1.54) is 0 Å².